The van der Waals surface area contributed by atoms with E-state index in [-0.39, 0.29) is 11.8 Å². The first-order chi connectivity index (χ1) is 20.1. The number of aryl methyl sites for hydroxylation is 1. The van der Waals surface area contributed by atoms with Crippen LogP contribution in [-0.2, 0) is 12.8 Å². The number of carbonyl (C=O) groups excluding carboxylic acids is 2. The molecule has 6 rings (SSSR count). The van der Waals surface area contributed by atoms with Crippen LogP contribution in [-0.4, -0.2) is 29.9 Å². The Morgan fingerprint density at radius 3 is 2.34 bits per heavy atom. The van der Waals surface area contributed by atoms with Gasteiger partial charge in [0, 0.05) is 46.6 Å². The summed E-state index contributed by atoms with van der Waals surface area (Å²) in [5.74, 6) is -0.280. The zero-order chi connectivity index (χ0) is 28.2. The highest BCUT2D eigenvalue weighted by Crippen LogP contribution is 2.39. The van der Waals surface area contributed by atoms with E-state index in [0.717, 1.165) is 52.3 Å². The van der Waals surface area contributed by atoms with Crippen LogP contribution in [0.5, 0.6) is 0 Å². The first-order valence-electron chi connectivity index (χ1n) is 13.8. The molecule has 5 aromatic rings. The maximum absolute atomic E-state index is 13.8. The topological polar surface area (TPSA) is 88.3 Å². The van der Waals surface area contributed by atoms with E-state index in [4.69, 9.17) is 10.7 Å². The molecule has 41 heavy (non-hydrogen) atoms. The molecular formula is C34H30N4O2S. The molecule has 1 aliphatic rings. The minimum absolute atomic E-state index is 0.0803. The molecular weight excluding hydrogens is 528 g/mol. The van der Waals surface area contributed by atoms with Gasteiger partial charge in [0.1, 0.15) is 0 Å². The Balaban J connectivity index is 1.21. The van der Waals surface area contributed by atoms with E-state index < -0.39 is 0 Å². The Labute approximate surface area is 243 Å². The number of nitrogens with zero attached hydrogens (tertiary/aromatic N) is 2. The van der Waals surface area contributed by atoms with Gasteiger partial charge < -0.3 is 16.0 Å². The number of hydrogen-bond acceptors (Lipinski definition) is 5. The van der Waals surface area contributed by atoms with Crippen LogP contribution in [0.4, 0.5) is 11.4 Å². The predicted octanol–water partition coefficient (Wildman–Crippen LogP) is 6.82. The number of thiazole rings is 1. The number of hydrogen-bond donors (Lipinski definition) is 2. The molecule has 4 aromatic carbocycles. The standard InChI is InChI=1S/C34H30N4O2S/c35-21-8-15-31-37-32-28-13-6-7-14-29(28)38(22-20-30(32)41-31)34(40)24-16-18-25(19-17-24)36-33(39)27-12-5-4-11-26(27)23-9-2-1-3-10-23/h1-7,9-14,16-19H,8,15,20-22,35H2,(H,36,39). The number of benzene rings is 4. The lowest BCUT2D eigenvalue weighted by atomic mass is 9.99. The van der Waals surface area contributed by atoms with Crippen LogP contribution in [0.3, 0.4) is 0 Å². The molecule has 0 fully saturated rings. The summed E-state index contributed by atoms with van der Waals surface area (Å²) in [5, 5.41) is 4.09. The van der Waals surface area contributed by atoms with Gasteiger partial charge in [0.05, 0.1) is 16.4 Å². The Morgan fingerprint density at radius 1 is 0.854 bits per heavy atom. The minimum atomic E-state index is -0.200. The van der Waals surface area contributed by atoms with E-state index >= 15 is 0 Å². The molecule has 0 saturated heterocycles. The molecule has 3 N–H and O–H groups in total. The third-order valence-corrected chi connectivity index (χ3v) is 8.42. The number of nitrogens with one attached hydrogen (secondary N) is 1. The highest BCUT2D eigenvalue weighted by atomic mass is 32.1. The summed E-state index contributed by atoms with van der Waals surface area (Å²) < 4.78 is 0. The van der Waals surface area contributed by atoms with Crippen molar-refractivity contribution in [1.29, 1.82) is 0 Å². The molecule has 0 aliphatic carbocycles. The molecule has 0 radical (unpaired) electrons. The number of rotatable bonds is 7. The van der Waals surface area contributed by atoms with Crippen molar-refractivity contribution in [3.63, 3.8) is 0 Å². The van der Waals surface area contributed by atoms with Crippen LogP contribution in [0.15, 0.2) is 103 Å². The summed E-state index contributed by atoms with van der Waals surface area (Å²) in [6, 6.07) is 32.5. The Bertz CT molecular complexity index is 1700. The van der Waals surface area contributed by atoms with Crippen molar-refractivity contribution in [3.05, 3.63) is 124 Å². The summed E-state index contributed by atoms with van der Waals surface area (Å²) in [6.07, 6.45) is 2.53. The summed E-state index contributed by atoms with van der Waals surface area (Å²) in [5.41, 5.74) is 12.1. The lowest BCUT2D eigenvalue weighted by Crippen LogP contribution is -2.32. The molecule has 0 spiro atoms. The van der Waals surface area contributed by atoms with Gasteiger partial charge in [0.2, 0.25) is 0 Å². The van der Waals surface area contributed by atoms with Crippen LogP contribution in [0.25, 0.3) is 22.4 Å². The number of carbonyl (C=O) groups is 2. The van der Waals surface area contributed by atoms with Gasteiger partial charge in [-0.15, -0.1) is 11.3 Å². The van der Waals surface area contributed by atoms with Gasteiger partial charge in [-0.2, -0.15) is 0 Å². The molecule has 1 aromatic heterocycles. The first kappa shape index (κ1) is 26.6. The van der Waals surface area contributed by atoms with Crippen molar-refractivity contribution >= 4 is 34.5 Å². The number of para-hydroxylation sites is 1. The van der Waals surface area contributed by atoms with Crippen LogP contribution in [0, 0.1) is 0 Å². The average molecular weight is 559 g/mol. The average Bonchev–Trinajstić information content (AvgIpc) is 3.37. The number of anilines is 2. The molecule has 2 heterocycles. The molecule has 0 unspecified atom stereocenters. The third kappa shape index (κ3) is 5.55. The van der Waals surface area contributed by atoms with E-state index in [0.29, 0.717) is 29.9 Å². The maximum atomic E-state index is 13.8. The van der Waals surface area contributed by atoms with Crippen LogP contribution in [0.2, 0.25) is 0 Å². The van der Waals surface area contributed by atoms with E-state index in [1.165, 1.54) is 4.88 Å². The van der Waals surface area contributed by atoms with Gasteiger partial charge in [-0.3, -0.25) is 9.59 Å². The quantitative estimate of drug-likeness (QED) is 0.229. The molecule has 0 atom stereocenters. The van der Waals surface area contributed by atoms with Gasteiger partial charge in [-0.1, -0.05) is 66.7 Å². The zero-order valence-corrected chi connectivity index (χ0v) is 23.4. The summed E-state index contributed by atoms with van der Waals surface area (Å²) in [6.45, 7) is 1.21. The summed E-state index contributed by atoms with van der Waals surface area (Å²) in [4.78, 5) is 35.0. The lowest BCUT2D eigenvalue weighted by molar-refractivity contribution is 0.0986. The van der Waals surface area contributed by atoms with Gasteiger partial charge in [0.25, 0.3) is 11.8 Å². The summed E-state index contributed by atoms with van der Waals surface area (Å²) >= 11 is 1.72. The van der Waals surface area contributed by atoms with Crippen molar-refractivity contribution in [2.24, 2.45) is 5.73 Å². The molecule has 6 nitrogen and oxygen atoms in total. The van der Waals surface area contributed by atoms with Crippen molar-refractivity contribution in [2.75, 3.05) is 23.3 Å². The molecule has 2 amide bonds. The van der Waals surface area contributed by atoms with E-state index in [9.17, 15) is 9.59 Å². The van der Waals surface area contributed by atoms with Crippen molar-refractivity contribution in [3.8, 4) is 22.4 Å². The highest BCUT2D eigenvalue weighted by molar-refractivity contribution is 7.12. The largest absolute Gasteiger partial charge is 0.330 e. The van der Waals surface area contributed by atoms with E-state index in [1.807, 2.05) is 83.8 Å². The second kappa shape index (κ2) is 11.9. The zero-order valence-electron chi connectivity index (χ0n) is 22.5. The van der Waals surface area contributed by atoms with Crippen molar-refractivity contribution in [2.45, 2.75) is 19.3 Å². The van der Waals surface area contributed by atoms with Gasteiger partial charge >= 0.3 is 0 Å². The Morgan fingerprint density at radius 2 is 1.56 bits per heavy atom. The Kier molecular flexibility index (Phi) is 7.71. The number of fused-ring (bicyclic) bond motifs is 3. The van der Waals surface area contributed by atoms with E-state index in [2.05, 4.69) is 5.32 Å². The number of amides is 2. The third-order valence-electron chi connectivity index (χ3n) is 7.24. The SMILES string of the molecule is NCCCc1nc2c(s1)CCN(C(=O)c1ccc(NC(=O)c3ccccc3-c3ccccc3)cc1)c1ccccc1-2. The highest BCUT2D eigenvalue weighted by Gasteiger charge is 2.27. The Hall–Kier alpha value is -4.59. The molecule has 7 heteroatoms. The number of aromatic nitrogens is 1. The van der Waals surface area contributed by atoms with Gasteiger partial charge in [-0.05, 0) is 60.5 Å². The van der Waals surface area contributed by atoms with Crippen molar-refractivity contribution < 1.29 is 9.59 Å². The summed E-state index contributed by atoms with van der Waals surface area (Å²) in [7, 11) is 0. The van der Waals surface area contributed by atoms with E-state index in [1.54, 1.807) is 35.6 Å². The second-order valence-electron chi connectivity index (χ2n) is 9.94. The lowest BCUT2D eigenvalue weighted by Gasteiger charge is -2.23. The molecule has 1 aliphatic heterocycles. The fourth-order valence-electron chi connectivity index (χ4n) is 5.20. The first-order valence-corrected chi connectivity index (χ1v) is 14.6. The minimum Gasteiger partial charge on any atom is -0.330 e. The molecule has 0 bridgehead atoms. The van der Waals surface area contributed by atoms with Crippen LogP contribution >= 0.6 is 11.3 Å². The van der Waals surface area contributed by atoms with Crippen molar-refractivity contribution in [1.82, 2.24) is 4.98 Å². The molecule has 204 valence electrons. The smallest absolute Gasteiger partial charge is 0.258 e. The van der Waals surface area contributed by atoms with Crippen LogP contribution < -0.4 is 16.0 Å². The molecule has 0 saturated carbocycles. The number of nitrogens with two attached hydrogens (primary N) is 1. The van der Waals surface area contributed by atoms with Gasteiger partial charge in [0.15, 0.2) is 0 Å². The van der Waals surface area contributed by atoms with Gasteiger partial charge in [-0.25, -0.2) is 4.98 Å². The predicted molar refractivity (Wildman–Crippen MR) is 167 cm³/mol. The maximum Gasteiger partial charge on any atom is 0.258 e. The second-order valence-corrected chi connectivity index (χ2v) is 11.1. The monoisotopic (exact) mass is 558 g/mol. The normalized spacial score (nSPS) is 12.3. The fraction of sp³-hybridized carbons (Fsp3) is 0.147. The fourth-order valence-corrected chi connectivity index (χ4v) is 6.31. The van der Waals surface area contributed by atoms with Crippen LogP contribution in [0.1, 0.15) is 37.0 Å².